The Morgan fingerprint density at radius 1 is 1.07 bits per heavy atom. The molecule has 162 valence electrons. The lowest BCUT2D eigenvalue weighted by atomic mass is 9.49. The summed E-state index contributed by atoms with van der Waals surface area (Å²) in [6.07, 6.45) is 13.8. The van der Waals surface area contributed by atoms with Gasteiger partial charge in [-0.05, 0) is 117 Å². The average Bonchev–Trinajstić information content (AvgIpc) is 3.34. The van der Waals surface area contributed by atoms with Crippen LogP contribution in [0.5, 0.6) is 0 Å². The first-order valence-electron chi connectivity index (χ1n) is 11.9. The number of carbonyl (C=O) groups excluding carboxylic acids is 1. The second-order valence-corrected chi connectivity index (χ2v) is 11.1. The minimum Gasteiger partial charge on any atom is -0.378 e. The van der Waals surface area contributed by atoms with E-state index in [0.717, 1.165) is 43.4 Å². The summed E-state index contributed by atoms with van der Waals surface area (Å²) in [6.45, 7) is 2.96. The molecule has 1 N–H and O–H groups in total. The number of hydrogen-bond acceptors (Lipinski definition) is 2. The second-order valence-electron chi connectivity index (χ2n) is 10.9. The third kappa shape index (κ3) is 3.35. The van der Waals surface area contributed by atoms with Gasteiger partial charge in [0.25, 0.3) is 0 Å². The molecule has 0 radical (unpaired) electrons. The number of ketones is 1. The largest absolute Gasteiger partial charge is 0.378 e. The molecule has 8 atom stereocenters. The van der Waals surface area contributed by atoms with Gasteiger partial charge in [0.2, 0.25) is 0 Å². The molecule has 4 fully saturated rings. The van der Waals surface area contributed by atoms with Crippen LogP contribution in [-0.4, -0.2) is 21.1 Å². The van der Waals surface area contributed by atoms with Gasteiger partial charge in [-0.1, -0.05) is 12.8 Å². The zero-order chi connectivity index (χ0) is 20.9. The summed E-state index contributed by atoms with van der Waals surface area (Å²) in [6, 6.07) is 4.00. The number of aliphatic hydroxyl groups is 1. The van der Waals surface area contributed by atoms with Crippen LogP contribution in [0, 0.1) is 52.2 Å². The van der Waals surface area contributed by atoms with Gasteiger partial charge in [-0.25, -0.2) is 0 Å². The Labute approximate surface area is 185 Å². The second kappa shape index (κ2) is 7.72. The lowest BCUT2D eigenvalue weighted by molar-refractivity contribution is -0.132. The van der Waals surface area contributed by atoms with Crippen molar-refractivity contribution in [3.63, 3.8) is 0 Å². The van der Waals surface area contributed by atoms with Crippen molar-refractivity contribution in [2.24, 2.45) is 40.9 Å². The highest BCUT2D eigenvalue weighted by Gasteiger charge is 2.58. The maximum absolute atomic E-state index is 13.2. The quantitative estimate of drug-likeness (QED) is 0.669. The standard InChI is InChI=1S/C26H34ClNO2/c1-25-10-8-20-19-9-11-26(30,12-13-27)16-18(19)4-5-21(20)22(25)6-7-23(25)24(29)17-28-14-2-3-15-28/h2-3,14-15,18-23,30H,4-11,16-17H2,1H3/t18-,19-,20+,21+,22-,23+,25-,26-/m0/s1. The van der Waals surface area contributed by atoms with Crippen molar-refractivity contribution in [2.45, 2.75) is 76.9 Å². The van der Waals surface area contributed by atoms with Crippen molar-refractivity contribution in [3.8, 4) is 11.3 Å². The Bertz CT molecular complexity index is 854. The minimum absolute atomic E-state index is 0.178. The van der Waals surface area contributed by atoms with E-state index >= 15 is 0 Å². The SMILES string of the molecule is C[C@]12CC[C@H]3[C@@H](CC[C@H]4C[C@@](O)(C#CCl)CC[C@@H]43)[C@@H]1CC[C@@H]2C(=O)Cn1cccc1. The van der Waals surface area contributed by atoms with Crippen molar-refractivity contribution in [2.75, 3.05) is 0 Å². The summed E-state index contributed by atoms with van der Waals surface area (Å²) >= 11 is 5.62. The molecule has 0 bridgehead atoms. The van der Waals surface area contributed by atoms with Crippen molar-refractivity contribution in [3.05, 3.63) is 24.5 Å². The summed E-state index contributed by atoms with van der Waals surface area (Å²) in [7, 11) is 0. The Morgan fingerprint density at radius 2 is 1.83 bits per heavy atom. The molecule has 0 aromatic carbocycles. The minimum atomic E-state index is -0.873. The Morgan fingerprint density at radius 3 is 2.60 bits per heavy atom. The molecule has 0 unspecified atom stereocenters. The van der Waals surface area contributed by atoms with E-state index in [4.69, 9.17) is 11.6 Å². The Kier molecular flexibility index (Phi) is 5.31. The predicted molar refractivity (Wildman–Crippen MR) is 119 cm³/mol. The maximum Gasteiger partial charge on any atom is 0.156 e. The Hall–Kier alpha value is -1.24. The molecule has 0 amide bonds. The molecule has 4 saturated carbocycles. The topological polar surface area (TPSA) is 42.2 Å². The molecule has 30 heavy (non-hydrogen) atoms. The van der Waals surface area contributed by atoms with Crippen LogP contribution in [0.1, 0.15) is 64.7 Å². The number of nitrogens with zero attached hydrogens (tertiary/aromatic N) is 1. The summed E-state index contributed by atoms with van der Waals surface area (Å²) in [5.74, 6) is 7.07. The van der Waals surface area contributed by atoms with Crippen molar-refractivity contribution < 1.29 is 9.90 Å². The van der Waals surface area contributed by atoms with Gasteiger partial charge < -0.3 is 9.67 Å². The van der Waals surface area contributed by atoms with E-state index in [2.05, 4.69) is 18.2 Å². The van der Waals surface area contributed by atoms with Crippen LogP contribution < -0.4 is 0 Å². The van der Waals surface area contributed by atoms with Gasteiger partial charge in [0.15, 0.2) is 5.78 Å². The lowest BCUT2D eigenvalue weighted by Gasteiger charge is -2.56. The molecule has 5 rings (SSSR count). The fraction of sp³-hybridized carbons (Fsp3) is 0.731. The molecule has 0 aliphatic heterocycles. The van der Waals surface area contributed by atoms with Crippen LogP contribution in [0.3, 0.4) is 0 Å². The number of halogens is 1. The number of fused-ring (bicyclic) bond motifs is 5. The number of hydrogen-bond donors (Lipinski definition) is 1. The summed E-state index contributed by atoms with van der Waals surface area (Å²) < 4.78 is 2.03. The monoisotopic (exact) mass is 427 g/mol. The number of aromatic nitrogens is 1. The highest BCUT2D eigenvalue weighted by molar-refractivity contribution is 6.30. The Balaban J connectivity index is 1.31. The van der Waals surface area contributed by atoms with E-state index in [-0.39, 0.29) is 11.3 Å². The van der Waals surface area contributed by atoms with E-state index in [9.17, 15) is 9.90 Å². The van der Waals surface area contributed by atoms with Crippen molar-refractivity contribution >= 4 is 17.4 Å². The number of carbonyl (C=O) groups is 1. The van der Waals surface area contributed by atoms with E-state index in [1.807, 2.05) is 29.1 Å². The molecule has 4 aliphatic carbocycles. The summed E-state index contributed by atoms with van der Waals surface area (Å²) in [4.78, 5) is 13.2. The molecule has 0 saturated heterocycles. The van der Waals surface area contributed by atoms with Crippen molar-refractivity contribution in [1.82, 2.24) is 4.57 Å². The van der Waals surface area contributed by atoms with E-state index in [0.29, 0.717) is 24.2 Å². The molecule has 1 aromatic heterocycles. The molecular weight excluding hydrogens is 394 g/mol. The number of Topliss-reactive ketones (excluding diaryl/α,β-unsaturated/α-hetero) is 1. The molecule has 1 aromatic rings. The highest BCUT2D eigenvalue weighted by atomic mass is 35.5. The molecule has 1 heterocycles. The highest BCUT2D eigenvalue weighted by Crippen LogP contribution is 2.64. The van der Waals surface area contributed by atoms with Gasteiger partial charge in [-0.2, -0.15) is 0 Å². The van der Waals surface area contributed by atoms with Crippen LogP contribution in [0.25, 0.3) is 0 Å². The van der Waals surface area contributed by atoms with Gasteiger partial charge in [0, 0.05) is 23.7 Å². The van der Waals surface area contributed by atoms with Crippen LogP contribution in [0.4, 0.5) is 0 Å². The third-order valence-corrected chi connectivity index (χ3v) is 9.78. The third-order valence-electron chi connectivity index (χ3n) is 9.68. The molecule has 4 aliphatic rings. The zero-order valence-corrected chi connectivity index (χ0v) is 18.8. The first-order valence-corrected chi connectivity index (χ1v) is 12.3. The van der Waals surface area contributed by atoms with Gasteiger partial charge in [0.1, 0.15) is 5.60 Å². The molecule has 4 heteroatoms. The van der Waals surface area contributed by atoms with Crippen LogP contribution in [-0.2, 0) is 11.3 Å². The first-order chi connectivity index (χ1) is 14.4. The average molecular weight is 428 g/mol. The fourth-order valence-corrected chi connectivity index (χ4v) is 8.55. The summed E-state index contributed by atoms with van der Waals surface area (Å²) in [5, 5.41) is 13.2. The van der Waals surface area contributed by atoms with Gasteiger partial charge in [-0.3, -0.25) is 4.79 Å². The molecule has 0 spiro atoms. The smallest absolute Gasteiger partial charge is 0.156 e. The van der Waals surface area contributed by atoms with Gasteiger partial charge >= 0.3 is 0 Å². The van der Waals surface area contributed by atoms with Crippen LogP contribution >= 0.6 is 11.6 Å². The van der Waals surface area contributed by atoms with Crippen LogP contribution in [0.2, 0.25) is 0 Å². The van der Waals surface area contributed by atoms with E-state index in [1.165, 1.54) is 32.1 Å². The predicted octanol–water partition coefficient (Wildman–Crippen LogP) is 5.26. The van der Waals surface area contributed by atoms with Gasteiger partial charge in [-0.15, -0.1) is 0 Å². The number of rotatable bonds is 3. The van der Waals surface area contributed by atoms with E-state index < -0.39 is 5.60 Å². The molecular formula is C26H34ClNO2. The summed E-state index contributed by atoms with van der Waals surface area (Å²) in [5.41, 5.74) is -0.694. The van der Waals surface area contributed by atoms with E-state index in [1.54, 1.807) is 0 Å². The molecule has 3 nitrogen and oxygen atoms in total. The zero-order valence-electron chi connectivity index (χ0n) is 18.0. The normalized spacial score (nSPS) is 44.9. The lowest BCUT2D eigenvalue weighted by Crippen LogP contribution is -2.51. The fourth-order valence-electron chi connectivity index (χ4n) is 8.37. The van der Waals surface area contributed by atoms with Crippen molar-refractivity contribution in [1.29, 1.82) is 0 Å². The van der Waals surface area contributed by atoms with Gasteiger partial charge in [0.05, 0.1) is 6.54 Å². The first kappa shape index (κ1) is 20.7. The maximum atomic E-state index is 13.2. The van der Waals surface area contributed by atoms with Crippen LogP contribution in [0.15, 0.2) is 24.5 Å².